The number of rotatable bonds is 5. The molecular formula is C21H19NO5. The van der Waals surface area contributed by atoms with Gasteiger partial charge in [-0.15, -0.1) is 0 Å². The number of hydrogen-bond acceptors (Lipinski definition) is 5. The average Bonchev–Trinajstić information content (AvgIpc) is 2.69. The fourth-order valence-electron chi connectivity index (χ4n) is 2.77. The summed E-state index contributed by atoms with van der Waals surface area (Å²) in [6, 6.07) is 16.8. The molecule has 0 aliphatic heterocycles. The number of amides is 1. The predicted octanol–water partition coefficient (Wildman–Crippen LogP) is 3.39. The van der Waals surface area contributed by atoms with Crippen molar-refractivity contribution in [2.45, 2.75) is 20.0 Å². The lowest BCUT2D eigenvalue weighted by atomic mass is 10.2. The number of para-hydroxylation sites is 2. The van der Waals surface area contributed by atoms with Crippen molar-refractivity contribution >= 4 is 28.5 Å². The van der Waals surface area contributed by atoms with Gasteiger partial charge in [0.1, 0.15) is 5.58 Å². The van der Waals surface area contributed by atoms with E-state index < -0.39 is 12.1 Å². The average molecular weight is 365 g/mol. The Morgan fingerprint density at radius 2 is 1.74 bits per heavy atom. The number of carbonyl (C=O) groups is 2. The van der Waals surface area contributed by atoms with Gasteiger partial charge in [-0.25, -0.2) is 4.79 Å². The highest BCUT2D eigenvalue weighted by Gasteiger charge is 2.25. The van der Waals surface area contributed by atoms with Gasteiger partial charge in [-0.2, -0.15) is 0 Å². The first-order valence-corrected chi connectivity index (χ1v) is 8.61. The molecule has 1 amide bonds. The van der Waals surface area contributed by atoms with E-state index in [-0.39, 0.29) is 22.7 Å². The van der Waals surface area contributed by atoms with Crippen molar-refractivity contribution in [1.82, 2.24) is 0 Å². The van der Waals surface area contributed by atoms with Crippen molar-refractivity contribution in [3.8, 4) is 0 Å². The fraction of sp³-hybridized carbons (Fsp3) is 0.190. The topological polar surface area (TPSA) is 76.8 Å². The largest absolute Gasteiger partial charge is 0.449 e. The molecule has 3 aromatic rings. The van der Waals surface area contributed by atoms with Crippen LogP contribution in [0.4, 0.5) is 5.69 Å². The van der Waals surface area contributed by atoms with Crippen molar-refractivity contribution in [3.63, 3.8) is 0 Å². The molecule has 1 unspecified atom stereocenters. The zero-order chi connectivity index (χ0) is 19.4. The van der Waals surface area contributed by atoms with Crippen LogP contribution < -0.4 is 10.3 Å². The molecule has 1 aromatic heterocycles. The molecule has 2 aromatic carbocycles. The third kappa shape index (κ3) is 3.89. The molecule has 0 saturated carbocycles. The van der Waals surface area contributed by atoms with E-state index in [1.165, 1.54) is 11.8 Å². The molecule has 6 nitrogen and oxygen atoms in total. The highest BCUT2D eigenvalue weighted by molar-refractivity contribution is 5.98. The first-order chi connectivity index (χ1) is 13.0. The Bertz CT molecular complexity index is 1030. The maximum absolute atomic E-state index is 12.7. The molecule has 0 spiro atoms. The van der Waals surface area contributed by atoms with Crippen LogP contribution in [0.5, 0.6) is 0 Å². The first-order valence-electron chi connectivity index (χ1n) is 8.61. The van der Waals surface area contributed by atoms with Crippen LogP contribution in [0, 0.1) is 0 Å². The van der Waals surface area contributed by atoms with E-state index >= 15 is 0 Å². The molecule has 0 fully saturated rings. The fourth-order valence-corrected chi connectivity index (χ4v) is 2.77. The third-order valence-corrected chi connectivity index (χ3v) is 4.12. The van der Waals surface area contributed by atoms with Gasteiger partial charge in [0, 0.05) is 18.3 Å². The van der Waals surface area contributed by atoms with Crippen LogP contribution in [0.2, 0.25) is 0 Å². The lowest BCUT2D eigenvalue weighted by molar-refractivity contribution is -0.126. The van der Waals surface area contributed by atoms with Gasteiger partial charge in [-0.05, 0) is 38.1 Å². The van der Waals surface area contributed by atoms with Crippen molar-refractivity contribution in [1.29, 1.82) is 0 Å². The van der Waals surface area contributed by atoms with Crippen molar-refractivity contribution < 1.29 is 18.7 Å². The minimum absolute atomic E-state index is 0.235. The zero-order valence-electron chi connectivity index (χ0n) is 15.0. The zero-order valence-corrected chi connectivity index (χ0v) is 15.0. The van der Waals surface area contributed by atoms with Crippen LogP contribution in [-0.2, 0) is 9.53 Å². The normalized spacial score (nSPS) is 11.8. The van der Waals surface area contributed by atoms with Crippen LogP contribution in [0.3, 0.4) is 0 Å². The van der Waals surface area contributed by atoms with Gasteiger partial charge in [0.2, 0.25) is 5.76 Å². The molecule has 0 radical (unpaired) electrons. The molecule has 1 atom stereocenters. The SMILES string of the molecule is CCN(C(=O)C(C)OC(=O)c1cc(=O)c2ccccc2o1)c1ccccc1. The van der Waals surface area contributed by atoms with Gasteiger partial charge >= 0.3 is 5.97 Å². The molecule has 1 heterocycles. The number of carbonyl (C=O) groups excluding carboxylic acids is 2. The predicted molar refractivity (Wildman–Crippen MR) is 102 cm³/mol. The van der Waals surface area contributed by atoms with E-state index in [9.17, 15) is 14.4 Å². The van der Waals surface area contributed by atoms with Gasteiger partial charge in [0.15, 0.2) is 11.5 Å². The summed E-state index contributed by atoms with van der Waals surface area (Å²) >= 11 is 0. The molecule has 0 N–H and O–H groups in total. The smallest absolute Gasteiger partial charge is 0.375 e. The Labute approximate surface area is 156 Å². The highest BCUT2D eigenvalue weighted by atomic mass is 16.6. The Kier molecular flexibility index (Phi) is 5.35. The van der Waals surface area contributed by atoms with Gasteiger partial charge < -0.3 is 14.1 Å². The van der Waals surface area contributed by atoms with Crippen molar-refractivity contribution in [2.24, 2.45) is 0 Å². The van der Waals surface area contributed by atoms with Gasteiger partial charge in [-0.3, -0.25) is 9.59 Å². The quantitative estimate of drug-likeness (QED) is 0.648. The number of fused-ring (bicyclic) bond motifs is 1. The molecule has 0 aliphatic rings. The summed E-state index contributed by atoms with van der Waals surface area (Å²) < 4.78 is 10.7. The van der Waals surface area contributed by atoms with Crippen LogP contribution in [0.15, 0.2) is 69.9 Å². The van der Waals surface area contributed by atoms with E-state index in [1.54, 1.807) is 36.4 Å². The van der Waals surface area contributed by atoms with E-state index in [0.29, 0.717) is 17.6 Å². The van der Waals surface area contributed by atoms with Crippen LogP contribution >= 0.6 is 0 Å². The number of hydrogen-bond donors (Lipinski definition) is 0. The Morgan fingerprint density at radius 3 is 2.44 bits per heavy atom. The second-order valence-corrected chi connectivity index (χ2v) is 5.94. The van der Waals surface area contributed by atoms with E-state index in [4.69, 9.17) is 9.15 Å². The molecule has 0 aliphatic carbocycles. The summed E-state index contributed by atoms with van der Waals surface area (Å²) in [6.45, 7) is 3.75. The molecule has 138 valence electrons. The summed E-state index contributed by atoms with van der Waals surface area (Å²) in [4.78, 5) is 38.7. The number of likely N-dealkylation sites (N-methyl/N-ethyl adjacent to an activating group) is 1. The molecule has 3 rings (SSSR count). The summed E-state index contributed by atoms with van der Waals surface area (Å²) in [5, 5.41) is 0.374. The summed E-state index contributed by atoms with van der Waals surface area (Å²) in [6.07, 6.45) is -1.03. The van der Waals surface area contributed by atoms with Gasteiger partial charge in [0.05, 0.1) is 5.39 Å². The maximum atomic E-state index is 12.7. The standard InChI is InChI=1S/C21H19NO5/c1-3-22(15-9-5-4-6-10-15)20(24)14(2)26-21(25)19-13-17(23)16-11-7-8-12-18(16)27-19/h4-14H,3H2,1-2H3. The van der Waals surface area contributed by atoms with E-state index in [1.807, 2.05) is 25.1 Å². The molecule has 27 heavy (non-hydrogen) atoms. The number of benzene rings is 2. The summed E-state index contributed by atoms with van der Waals surface area (Å²) in [5.41, 5.74) is 0.655. The minimum Gasteiger partial charge on any atom is -0.449 e. The Hall–Kier alpha value is -3.41. The number of anilines is 1. The number of esters is 1. The van der Waals surface area contributed by atoms with Crippen LogP contribution in [0.25, 0.3) is 11.0 Å². The summed E-state index contributed by atoms with van der Waals surface area (Å²) in [5.74, 6) is -1.45. The van der Waals surface area contributed by atoms with E-state index in [0.717, 1.165) is 6.07 Å². The molecular weight excluding hydrogens is 346 g/mol. The monoisotopic (exact) mass is 365 g/mol. The lowest BCUT2D eigenvalue weighted by Gasteiger charge is -2.24. The molecule has 0 bridgehead atoms. The maximum Gasteiger partial charge on any atom is 0.375 e. The Morgan fingerprint density at radius 1 is 1.07 bits per heavy atom. The van der Waals surface area contributed by atoms with Crippen LogP contribution in [0.1, 0.15) is 24.4 Å². The third-order valence-electron chi connectivity index (χ3n) is 4.12. The number of ether oxygens (including phenoxy) is 1. The van der Waals surface area contributed by atoms with Crippen molar-refractivity contribution in [2.75, 3.05) is 11.4 Å². The Balaban J connectivity index is 1.79. The highest BCUT2D eigenvalue weighted by Crippen LogP contribution is 2.17. The number of nitrogens with zero attached hydrogens (tertiary/aromatic N) is 1. The minimum atomic E-state index is -1.03. The molecule has 6 heteroatoms. The molecule has 0 saturated heterocycles. The van der Waals surface area contributed by atoms with E-state index in [2.05, 4.69) is 0 Å². The lowest BCUT2D eigenvalue weighted by Crippen LogP contribution is -2.40. The van der Waals surface area contributed by atoms with Crippen molar-refractivity contribution in [3.05, 3.63) is 76.6 Å². The summed E-state index contributed by atoms with van der Waals surface area (Å²) in [7, 11) is 0. The first kappa shape index (κ1) is 18.4. The van der Waals surface area contributed by atoms with Gasteiger partial charge in [0.25, 0.3) is 5.91 Å². The second-order valence-electron chi connectivity index (χ2n) is 5.94. The second kappa shape index (κ2) is 7.86. The van der Waals surface area contributed by atoms with Gasteiger partial charge in [-0.1, -0.05) is 30.3 Å². The van der Waals surface area contributed by atoms with Crippen LogP contribution in [-0.4, -0.2) is 24.5 Å².